The number of hydrogen-bond acceptors (Lipinski definition) is 4. The molecule has 0 aromatic carbocycles. The van der Waals surface area contributed by atoms with E-state index in [0.29, 0.717) is 24.4 Å². The van der Waals surface area contributed by atoms with Gasteiger partial charge in [-0.25, -0.2) is 0 Å². The maximum atomic E-state index is 5.51. The molecule has 0 saturated heterocycles. The van der Waals surface area contributed by atoms with Gasteiger partial charge in [0.05, 0.1) is 24.4 Å². The normalized spacial score (nSPS) is 19.5. The van der Waals surface area contributed by atoms with E-state index in [1.165, 1.54) is 37.0 Å². The molecule has 0 rings (SSSR count). The van der Waals surface area contributed by atoms with Gasteiger partial charge in [-0.1, -0.05) is 0 Å². The summed E-state index contributed by atoms with van der Waals surface area (Å²) in [6.45, 7) is 8.70. The molecule has 0 radical (unpaired) electrons. The van der Waals surface area contributed by atoms with E-state index in [-0.39, 0.29) is 15.8 Å². The van der Waals surface area contributed by atoms with Crippen LogP contribution in [0.25, 0.3) is 0 Å². The minimum Gasteiger partial charge on any atom is -0.381 e. The van der Waals surface area contributed by atoms with Crippen LogP contribution >= 0.6 is 15.8 Å². The van der Waals surface area contributed by atoms with Crippen molar-refractivity contribution in [2.24, 2.45) is 0 Å². The lowest BCUT2D eigenvalue weighted by Gasteiger charge is -2.28. The Bertz CT molecular complexity index is 242. The second-order valence-electron chi connectivity index (χ2n) is 6.70. The summed E-state index contributed by atoms with van der Waals surface area (Å²) in [4.78, 5) is 0. The Morgan fingerprint density at radius 2 is 0.708 bits per heavy atom. The van der Waals surface area contributed by atoms with Gasteiger partial charge in [-0.3, -0.25) is 0 Å². The Morgan fingerprint density at radius 3 is 0.875 bits per heavy atom. The fourth-order valence-corrected chi connectivity index (χ4v) is 9.35. The van der Waals surface area contributed by atoms with Crippen LogP contribution in [0.4, 0.5) is 0 Å². The molecule has 0 spiro atoms. The second kappa shape index (κ2) is 14.8. The van der Waals surface area contributed by atoms with Crippen LogP contribution in [0.2, 0.25) is 0 Å². The summed E-state index contributed by atoms with van der Waals surface area (Å²) in [5, 5.41) is 0. The predicted octanol–water partition coefficient (Wildman–Crippen LogP) is 4.09. The molecule has 0 aliphatic heterocycles. The second-order valence-corrected chi connectivity index (χ2v) is 11.7. The van der Waals surface area contributed by atoms with Crippen molar-refractivity contribution in [1.82, 2.24) is 0 Å². The summed E-state index contributed by atoms with van der Waals surface area (Å²) in [7, 11) is 7.13. The van der Waals surface area contributed by atoms with Gasteiger partial charge in [0, 0.05) is 28.4 Å². The Hall–Kier alpha value is 0.700. The number of ether oxygens (including phenoxy) is 4. The van der Waals surface area contributed by atoms with E-state index in [4.69, 9.17) is 18.9 Å². The van der Waals surface area contributed by atoms with E-state index in [2.05, 4.69) is 27.7 Å². The third-order valence-electron chi connectivity index (χ3n) is 4.40. The molecule has 0 aromatic heterocycles. The summed E-state index contributed by atoms with van der Waals surface area (Å²) in [6, 6.07) is 0. The van der Waals surface area contributed by atoms with Crippen LogP contribution in [0, 0.1) is 0 Å². The third-order valence-corrected chi connectivity index (χ3v) is 10.6. The first-order chi connectivity index (χ1) is 11.4. The van der Waals surface area contributed by atoms with Gasteiger partial charge < -0.3 is 18.9 Å². The van der Waals surface area contributed by atoms with E-state index < -0.39 is 0 Å². The largest absolute Gasteiger partial charge is 0.381 e. The first-order valence-electron chi connectivity index (χ1n) is 8.92. The molecule has 0 saturated carbocycles. The molecular formula is C18H40O4P2. The zero-order valence-electron chi connectivity index (χ0n) is 17.1. The highest BCUT2D eigenvalue weighted by Crippen LogP contribution is 2.45. The van der Waals surface area contributed by atoms with E-state index in [1.54, 1.807) is 0 Å². The summed E-state index contributed by atoms with van der Waals surface area (Å²) in [5.41, 5.74) is 0. The smallest absolute Gasteiger partial charge is 0.0582 e. The van der Waals surface area contributed by atoms with Crippen LogP contribution in [0.3, 0.4) is 0 Å². The van der Waals surface area contributed by atoms with Gasteiger partial charge in [0.2, 0.25) is 0 Å². The van der Waals surface area contributed by atoms with Crippen molar-refractivity contribution in [2.45, 2.75) is 52.1 Å². The van der Waals surface area contributed by atoms with Gasteiger partial charge in [-0.05, 0) is 64.7 Å². The molecule has 146 valence electrons. The number of hydrogen-bond donors (Lipinski definition) is 0. The zero-order chi connectivity index (χ0) is 18.5. The van der Waals surface area contributed by atoms with Crippen LogP contribution in [-0.2, 0) is 18.9 Å². The van der Waals surface area contributed by atoms with Gasteiger partial charge in [0.15, 0.2) is 0 Å². The van der Waals surface area contributed by atoms with Crippen molar-refractivity contribution in [2.75, 3.05) is 65.4 Å². The number of rotatable bonds is 15. The van der Waals surface area contributed by atoms with Gasteiger partial charge in [0.25, 0.3) is 0 Å². The molecule has 0 heterocycles. The Labute approximate surface area is 152 Å². The summed E-state index contributed by atoms with van der Waals surface area (Å²) in [5.74, 6) is 0. The molecule has 4 atom stereocenters. The average Bonchev–Trinajstić information content (AvgIpc) is 2.58. The molecule has 0 fully saturated rings. The summed E-state index contributed by atoms with van der Waals surface area (Å²) in [6.07, 6.45) is 8.62. The molecule has 0 aliphatic carbocycles. The summed E-state index contributed by atoms with van der Waals surface area (Å²) < 4.78 is 22.0. The highest BCUT2D eigenvalue weighted by molar-refractivity contribution is 7.61. The molecule has 0 bridgehead atoms. The Morgan fingerprint density at radius 1 is 0.500 bits per heavy atom. The van der Waals surface area contributed by atoms with Crippen molar-refractivity contribution < 1.29 is 18.9 Å². The van der Waals surface area contributed by atoms with Crippen LogP contribution < -0.4 is 0 Å². The van der Waals surface area contributed by atoms with E-state index in [9.17, 15) is 0 Å². The van der Waals surface area contributed by atoms with Gasteiger partial charge in [-0.15, -0.1) is 15.8 Å². The van der Waals surface area contributed by atoms with E-state index in [0.717, 1.165) is 0 Å². The predicted molar refractivity (Wildman–Crippen MR) is 109 cm³/mol. The lowest BCUT2D eigenvalue weighted by Crippen LogP contribution is -2.20. The highest BCUT2D eigenvalue weighted by Gasteiger charge is 2.20. The molecule has 0 aromatic rings. The maximum absolute atomic E-state index is 5.51. The molecule has 0 amide bonds. The first-order valence-corrected chi connectivity index (χ1v) is 12.7. The third kappa shape index (κ3) is 12.1. The van der Waals surface area contributed by atoms with E-state index in [1.807, 2.05) is 28.4 Å². The van der Waals surface area contributed by atoms with Crippen molar-refractivity contribution in [1.29, 1.82) is 0 Å². The molecule has 0 aliphatic rings. The average molecular weight is 382 g/mol. The maximum Gasteiger partial charge on any atom is 0.0582 e. The SMILES string of the molecule is COC(C)CP(CCP(CC(C)OC)CC(C)OC)CC(C)OC. The quantitative estimate of drug-likeness (QED) is 0.400. The van der Waals surface area contributed by atoms with Gasteiger partial charge >= 0.3 is 0 Å². The fourth-order valence-electron chi connectivity index (χ4n) is 2.55. The van der Waals surface area contributed by atoms with Crippen LogP contribution in [-0.4, -0.2) is 89.8 Å². The molecule has 4 unspecified atom stereocenters. The summed E-state index contributed by atoms with van der Waals surface area (Å²) >= 11 is 0. The van der Waals surface area contributed by atoms with Crippen molar-refractivity contribution in [3.8, 4) is 0 Å². The topological polar surface area (TPSA) is 36.9 Å². The lowest BCUT2D eigenvalue weighted by atomic mass is 10.5. The molecule has 4 nitrogen and oxygen atoms in total. The first kappa shape index (κ1) is 24.7. The molecule has 0 N–H and O–H groups in total. The minimum atomic E-state index is -0.0576. The standard InChI is InChI=1S/C18H40O4P2/c1-15(19-5)11-23(12-16(2)20-6)9-10-24(13-17(3)21-7)14-18(4)22-8/h15-18H,9-14H2,1-8H3. The monoisotopic (exact) mass is 382 g/mol. The zero-order valence-corrected chi connectivity index (χ0v) is 18.9. The molecular weight excluding hydrogens is 342 g/mol. The van der Waals surface area contributed by atoms with Crippen molar-refractivity contribution in [3.63, 3.8) is 0 Å². The van der Waals surface area contributed by atoms with Gasteiger partial charge in [-0.2, -0.15) is 0 Å². The van der Waals surface area contributed by atoms with E-state index >= 15 is 0 Å². The Balaban J connectivity index is 4.66. The van der Waals surface area contributed by atoms with Crippen LogP contribution in [0.1, 0.15) is 27.7 Å². The minimum absolute atomic E-state index is 0.0576. The van der Waals surface area contributed by atoms with Gasteiger partial charge in [0.1, 0.15) is 0 Å². The number of methoxy groups -OCH3 is 4. The Kier molecular flexibility index (Phi) is 15.3. The van der Waals surface area contributed by atoms with Crippen LogP contribution in [0.5, 0.6) is 0 Å². The van der Waals surface area contributed by atoms with Crippen molar-refractivity contribution >= 4 is 15.8 Å². The van der Waals surface area contributed by atoms with Crippen molar-refractivity contribution in [3.05, 3.63) is 0 Å². The lowest BCUT2D eigenvalue weighted by molar-refractivity contribution is 0.131. The highest BCUT2D eigenvalue weighted by atomic mass is 31.1. The van der Waals surface area contributed by atoms with Crippen LogP contribution in [0.15, 0.2) is 0 Å². The molecule has 6 heteroatoms. The molecule has 24 heavy (non-hydrogen) atoms. The fraction of sp³-hybridized carbons (Fsp3) is 1.00.